The van der Waals surface area contributed by atoms with Crippen LogP contribution in [0, 0.1) is 5.92 Å². The predicted octanol–water partition coefficient (Wildman–Crippen LogP) is 6.42. The summed E-state index contributed by atoms with van der Waals surface area (Å²) in [6, 6.07) is 13.9. The Labute approximate surface area is 204 Å². The molecule has 1 aliphatic rings. The molecule has 0 aromatic heterocycles. The van der Waals surface area contributed by atoms with Gasteiger partial charge in [0.25, 0.3) is 0 Å². The summed E-state index contributed by atoms with van der Waals surface area (Å²) in [6.45, 7) is 9.61. The Bertz CT molecular complexity index is 891. The normalized spacial score (nSPS) is 15.4. The molecule has 0 aliphatic carbocycles. The average molecular weight is 524 g/mol. The molecule has 0 unspecified atom stereocenters. The largest absolute Gasteiger partial charge is 0.489 e. The first-order valence-electron chi connectivity index (χ1n) is 11.0. The number of alkyl carbamates (subject to hydrolysis) is 1. The molecule has 1 aliphatic heterocycles. The van der Waals surface area contributed by atoms with E-state index >= 15 is 0 Å². The van der Waals surface area contributed by atoms with E-state index in [-0.39, 0.29) is 6.09 Å². The third-order valence-electron chi connectivity index (χ3n) is 5.37. The molecule has 0 spiro atoms. The van der Waals surface area contributed by atoms with Crippen LogP contribution in [0.4, 0.5) is 4.79 Å². The quantitative estimate of drug-likeness (QED) is 0.455. The zero-order chi connectivity index (χ0) is 23.1. The van der Waals surface area contributed by atoms with Gasteiger partial charge in [-0.3, -0.25) is 4.90 Å². The molecule has 174 valence electrons. The number of likely N-dealkylation sites (tertiary alicyclic amines) is 1. The van der Waals surface area contributed by atoms with E-state index in [0.717, 1.165) is 53.3 Å². The Morgan fingerprint density at radius 2 is 1.84 bits per heavy atom. The van der Waals surface area contributed by atoms with Gasteiger partial charge < -0.3 is 14.8 Å². The van der Waals surface area contributed by atoms with E-state index in [1.165, 1.54) is 5.56 Å². The fraction of sp³-hybridized carbons (Fsp3) is 0.480. The van der Waals surface area contributed by atoms with Gasteiger partial charge >= 0.3 is 6.09 Å². The van der Waals surface area contributed by atoms with Crippen LogP contribution in [0.25, 0.3) is 0 Å². The molecule has 2 aromatic carbocycles. The summed E-state index contributed by atoms with van der Waals surface area (Å²) in [6.07, 6.45) is 1.76. The molecular formula is C25H32BrClN2O3. The minimum Gasteiger partial charge on any atom is -0.489 e. The third-order valence-corrected chi connectivity index (χ3v) is 6.11. The predicted molar refractivity (Wildman–Crippen MR) is 132 cm³/mol. The summed E-state index contributed by atoms with van der Waals surface area (Å²) in [7, 11) is 0. The van der Waals surface area contributed by atoms with E-state index in [4.69, 9.17) is 21.1 Å². The lowest BCUT2D eigenvalue weighted by Crippen LogP contribution is -2.40. The SMILES string of the molecule is CC(C)(C)OC(=O)NCC1CCN(Cc2cc(Br)ccc2OCc2ccc(Cl)cc2)CC1. The second kappa shape index (κ2) is 11.4. The summed E-state index contributed by atoms with van der Waals surface area (Å²) < 4.78 is 12.5. The van der Waals surface area contributed by atoms with Crippen LogP contribution in [0.3, 0.4) is 0 Å². The molecule has 0 bridgehead atoms. The van der Waals surface area contributed by atoms with Gasteiger partial charge in [0.2, 0.25) is 0 Å². The summed E-state index contributed by atoms with van der Waals surface area (Å²) >= 11 is 9.56. The highest BCUT2D eigenvalue weighted by atomic mass is 79.9. The summed E-state index contributed by atoms with van der Waals surface area (Å²) in [5.41, 5.74) is 1.78. The van der Waals surface area contributed by atoms with Crippen molar-refractivity contribution in [2.45, 2.75) is 52.4 Å². The molecule has 1 saturated heterocycles. The number of amides is 1. The molecule has 7 heteroatoms. The van der Waals surface area contributed by atoms with Crippen molar-refractivity contribution in [2.24, 2.45) is 5.92 Å². The van der Waals surface area contributed by atoms with E-state index < -0.39 is 5.60 Å². The van der Waals surface area contributed by atoms with Crippen molar-refractivity contribution in [3.05, 3.63) is 63.1 Å². The topological polar surface area (TPSA) is 50.8 Å². The van der Waals surface area contributed by atoms with E-state index in [1.807, 2.05) is 57.2 Å². The van der Waals surface area contributed by atoms with Crippen LogP contribution in [0.1, 0.15) is 44.7 Å². The number of nitrogens with zero attached hydrogens (tertiary/aromatic N) is 1. The first-order valence-corrected chi connectivity index (χ1v) is 12.2. The van der Waals surface area contributed by atoms with Gasteiger partial charge in [0.05, 0.1) is 0 Å². The molecule has 1 amide bonds. The van der Waals surface area contributed by atoms with Crippen molar-refractivity contribution in [1.29, 1.82) is 0 Å². The number of carbonyl (C=O) groups is 1. The van der Waals surface area contributed by atoms with E-state index in [9.17, 15) is 4.79 Å². The maximum absolute atomic E-state index is 11.9. The average Bonchev–Trinajstić information content (AvgIpc) is 2.73. The van der Waals surface area contributed by atoms with Gasteiger partial charge in [-0.05, 0) is 88.5 Å². The van der Waals surface area contributed by atoms with Gasteiger partial charge in [-0.15, -0.1) is 0 Å². The third kappa shape index (κ3) is 8.30. The minimum atomic E-state index is -0.468. The first kappa shape index (κ1) is 24.9. The number of nitrogens with one attached hydrogen (secondary N) is 1. The molecule has 0 atom stereocenters. The van der Waals surface area contributed by atoms with Gasteiger partial charge in [-0.1, -0.05) is 39.7 Å². The zero-order valence-corrected chi connectivity index (χ0v) is 21.3. The second-order valence-corrected chi connectivity index (χ2v) is 10.6. The molecule has 5 nitrogen and oxygen atoms in total. The zero-order valence-electron chi connectivity index (χ0n) is 19.0. The number of hydrogen-bond acceptors (Lipinski definition) is 4. The van der Waals surface area contributed by atoms with Gasteiger partial charge in [-0.2, -0.15) is 0 Å². The van der Waals surface area contributed by atoms with E-state index in [0.29, 0.717) is 19.1 Å². The van der Waals surface area contributed by atoms with Gasteiger partial charge in [0.1, 0.15) is 18.0 Å². The van der Waals surface area contributed by atoms with Crippen molar-refractivity contribution in [3.63, 3.8) is 0 Å². The van der Waals surface area contributed by atoms with Crippen LogP contribution < -0.4 is 10.1 Å². The Balaban J connectivity index is 1.49. The number of piperidine rings is 1. The molecular weight excluding hydrogens is 492 g/mol. The van der Waals surface area contributed by atoms with Crippen LogP contribution in [-0.4, -0.2) is 36.2 Å². The second-order valence-electron chi connectivity index (χ2n) is 9.27. The fourth-order valence-corrected chi connectivity index (χ4v) is 4.22. The van der Waals surface area contributed by atoms with Crippen LogP contribution >= 0.6 is 27.5 Å². The number of carbonyl (C=O) groups excluding carboxylic acids is 1. The highest BCUT2D eigenvalue weighted by Crippen LogP contribution is 2.27. The van der Waals surface area contributed by atoms with Gasteiger partial charge in [0.15, 0.2) is 0 Å². The molecule has 32 heavy (non-hydrogen) atoms. The molecule has 0 saturated carbocycles. The van der Waals surface area contributed by atoms with Crippen LogP contribution in [0.2, 0.25) is 5.02 Å². The van der Waals surface area contributed by atoms with Crippen molar-refractivity contribution in [2.75, 3.05) is 19.6 Å². The lowest BCUT2D eigenvalue weighted by molar-refractivity contribution is 0.0509. The lowest BCUT2D eigenvalue weighted by Gasteiger charge is -2.32. The van der Waals surface area contributed by atoms with Crippen molar-refractivity contribution < 1.29 is 14.3 Å². The highest BCUT2D eigenvalue weighted by molar-refractivity contribution is 9.10. The smallest absolute Gasteiger partial charge is 0.407 e. The molecule has 0 radical (unpaired) electrons. The molecule has 3 rings (SSSR count). The van der Waals surface area contributed by atoms with Gasteiger partial charge in [0, 0.05) is 28.1 Å². The maximum Gasteiger partial charge on any atom is 0.407 e. The van der Waals surface area contributed by atoms with Crippen LogP contribution in [0.5, 0.6) is 5.75 Å². The minimum absolute atomic E-state index is 0.337. The van der Waals surface area contributed by atoms with E-state index in [2.05, 4.69) is 32.2 Å². The number of halogens is 2. The summed E-state index contributed by atoms with van der Waals surface area (Å²) in [5, 5.41) is 3.64. The fourth-order valence-electron chi connectivity index (χ4n) is 3.69. The Morgan fingerprint density at radius 1 is 1.16 bits per heavy atom. The molecule has 2 aromatic rings. The number of rotatable bonds is 7. The molecule has 1 N–H and O–H groups in total. The number of hydrogen-bond donors (Lipinski definition) is 1. The van der Waals surface area contributed by atoms with Crippen LogP contribution in [-0.2, 0) is 17.9 Å². The maximum atomic E-state index is 11.9. The first-order chi connectivity index (χ1) is 15.2. The number of benzene rings is 2. The summed E-state index contributed by atoms with van der Waals surface area (Å²) in [4.78, 5) is 14.3. The number of ether oxygens (including phenoxy) is 2. The van der Waals surface area contributed by atoms with Gasteiger partial charge in [-0.25, -0.2) is 4.79 Å². The van der Waals surface area contributed by atoms with E-state index in [1.54, 1.807) is 0 Å². The molecule has 1 fully saturated rings. The van der Waals surface area contributed by atoms with Crippen LogP contribution in [0.15, 0.2) is 46.9 Å². The van der Waals surface area contributed by atoms with Crippen molar-refractivity contribution in [3.8, 4) is 5.75 Å². The Hall–Kier alpha value is -1.76. The Kier molecular flexibility index (Phi) is 8.86. The lowest BCUT2D eigenvalue weighted by atomic mass is 9.96. The standard InChI is InChI=1S/C25H32BrClN2O3/c1-25(2,3)32-24(30)28-15-18-10-12-29(13-11-18)16-20-14-21(26)6-9-23(20)31-17-19-4-7-22(27)8-5-19/h4-9,14,18H,10-13,15-17H2,1-3H3,(H,28,30). The summed E-state index contributed by atoms with van der Waals surface area (Å²) in [5.74, 6) is 1.37. The highest BCUT2D eigenvalue weighted by Gasteiger charge is 2.22. The van der Waals surface area contributed by atoms with Crippen molar-refractivity contribution in [1.82, 2.24) is 10.2 Å². The van der Waals surface area contributed by atoms with Crippen molar-refractivity contribution >= 4 is 33.6 Å². The Morgan fingerprint density at radius 3 is 2.50 bits per heavy atom. The molecule has 1 heterocycles. The monoisotopic (exact) mass is 522 g/mol.